The van der Waals surface area contributed by atoms with Gasteiger partial charge in [0.1, 0.15) is 18.1 Å². The van der Waals surface area contributed by atoms with E-state index in [0.717, 1.165) is 43.1 Å². The smallest absolute Gasteiger partial charge is 0.254 e. The Morgan fingerprint density at radius 1 is 1.17 bits per heavy atom. The number of fused-ring (bicyclic) bond motifs is 1. The highest BCUT2D eigenvalue weighted by Gasteiger charge is 2.19. The highest BCUT2D eigenvalue weighted by Crippen LogP contribution is 2.18. The number of hydrogen-bond acceptors (Lipinski definition) is 7. The second-order valence-electron chi connectivity index (χ2n) is 7.20. The van der Waals surface area contributed by atoms with Gasteiger partial charge in [0.05, 0.1) is 18.5 Å². The molecule has 8 nitrogen and oxygen atoms in total. The lowest BCUT2D eigenvalue weighted by Crippen LogP contribution is -2.26. The van der Waals surface area contributed by atoms with Gasteiger partial charge in [0, 0.05) is 51.1 Å². The average molecular weight is 407 g/mol. The van der Waals surface area contributed by atoms with Crippen LogP contribution in [0.15, 0.2) is 47.7 Å². The second kappa shape index (κ2) is 9.60. The van der Waals surface area contributed by atoms with Crippen LogP contribution in [0.1, 0.15) is 16.8 Å². The first-order valence-corrected chi connectivity index (χ1v) is 10.0. The molecule has 0 unspecified atom stereocenters. The molecule has 0 bridgehead atoms. The molecule has 1 aliphatic heterocycles. The fourth-order valence-corrected chi connectivity index (χ4v) is 3.59. The van der Waals surface area contributed by atoms with Crippen molar-refractivity contribution in [3.8, 4) is 17.3 Å². The van der Waals surface area contributed by atoms with Crippen LogP contribution in [0.4, 0.5) is 0 Å². The van der Waals surface area contributed by atoms with E-state index in [-0.39, 0.29) is 5.56 Å². The Kier molecular flexibility index (Phi) is 6.46. The Morgan fingerprint density at radius 3 is 2.90 bits per heavy atom. The summed E-state index contributed by atoms with van der Waals surface area (Å²) >= 11 is 0. The summed E-state index contributed by atoms with van der Waals surface area (Å²) in [6, 6.07) is 8.11. The van der Waals surface area contributed by atoms with E-state index in [0.29, 0.717) is 31.2 Å². The third-order valence-electron chi connectivity index (χ3n) is 5.11. The largest absolute Gasteiger partial charge is 0.491 e. The number of methoxy groups -OCH3 is 1. The molecule has 30 heavy (non-hydrogen) atoms. The van der Waals surface area contributed by atoms with Crippen LogP contribution in [-0.4, -0.2) is 58.2 Å². The fraction of sp³-hybridized carbons (Fsp3) is 0.364. The minimum atomic E-state index is -0.0870. The summed E-state index contributed by atoms with van der Waals surface area (Å²) in [7, 11) is 1.66. The van der Waals surface area contributed by atoms with Gasteiger partial charge in [-0.25, -0.2) is 9.97 Å². The molecule has 0 fully saturated rings. The van der Waals surface area contributed by atoms with E-state index < -0.39 is 0 Å². The van der Waals surface area contributed by atoms with Gasteiger partial charge in [-0.1, -0.05) is 12.1 Å². The van der Waals surface area contributed by atoms with Crippen LogP contribution >= 0.6 is 0 Å². The highest BCUT2D eigenvalue weighted by molar-refractivity contribution is 5.47. The number of benzene rings is 1. The van der Waals surface area contributed by atoms with Crippen LogP contribution < -0.4 is 10.3 Å². The van der Waals surface area contributed by atoms with E-state index in [9.17, 15) is 4.79 Å². The van der Waals surface area contributed by atoms with Crippen molar-refractivity contribution in [1.29, 1.82) is 0 Å². The van der Waals surface area contributed by atoms with Crippen LogP contribution in [0, 0.1) is 0 Å². The van der Waals surface area contributed by atoms with Crippen LogP contribution in [0.5, 0.6) is 5.75 Å². The van der Waals surface area contributed by atoms with Crippen molar-refractivity contribution >= 4 is 0 Å². The first-order valence-electron chi connectivity index (χ1n) is 10.0. The van der Waals surface area contributed by atoms with Crippen LogP contribution in [0.3, 0.4) is 0 Å². The Morgan fingerprint density at radius 2 is 2.07 bits per heavy atom. The molecule has 0 saturated carbocycles. The molecule has 0 aliphatic carbocycles. The molecule has 0 radical (unpaired) electrons. The van der Waals surface area contributed by atoms with Gasteiger partial charge in [-0.2, -0.15) is 0 Å². The van der Waals surface area contributed by atoms with Crippen LogP contribution in [-0.2, 0) is 24.1 Å². The van der Waals surface area contributed by atoms with E-state index in [4.69, 9.17) is 9.47 Å². The SMILES string of the molecule is COCCOc1cccc(CN2CCc3nc(-c4cnccn4)[nH]c(=O)c3CC2)c1. The summed E-state index contributed by atoms with van der Waals surface area (Å²) in [5.41, 5.74) is 3.28. The Labute approximate surface area is 174 Å². The minimum absolute atomic E-state index is 0.0870. The number of rotatable bonds is 7. The fourth-order valence-electron chi connectivity index (χ4n) is 3.59. The first kappa shape index (κ1) is 20.2. The van der Waals surface area contributed by atoms with Gasteiger partial charge >= 0.3 is 0 Å². The minimum Gasteiger partial charge on any atom is -0.491 e. The predicted octanol–water partition coefficient (Wildman–Crippen LogP) is 1.85. The molecule has 1 N–H and O–H groups in total. The molecular formula is C22H25N5O3. The Balaban J connectivity index is 1.45. The predicted molar refractivity (Wildman–Crippen MR) is 112 cm³/mol. The van der Waals surface area contributed by atoms with Crippen molar-refractivity contribution in [2.24, 2.45) is 0 Å². The first-order chi connectivity index (χ1) is 14.7. The molecular weight excluding hydrogens is 382 g/mol. The number of hydrogen-bond donors (Lipinski definition) is 1. The maximum absolute atomic E-state index is 12.7. The number of nitrogens with one attached hydrogen (secondary N) is 1. The molecule has 8 heteroatoms. The van der Waals surface area contributed by atoms with E-state index >= 15 is 0 Å². The molecule has 3 aromatic rings. The number of H-pyrrole nitrogens is 1. The molecule has 156 valence electrons. The van der Waals surface area contributed by atoms with Crippen molar-refractivity contribution in [2.75, 3.05) is 33.4 Å². The van der Waals surface area contributed by atoms with Gasteiger partial charge in [0.25, 0.3) is 5.56 Å². The Hall–Kier alpha value is -3.10. The topological polar surface area (TPSA) is 93.2 Å². The van der Waals surface area contributed by atoms with E-state index in [1.54, 1.807) is 25.7 Å². The van der Waals surface area contributed by atoms with Gasteiger partial charge in [0.2, 0.25) is 0 Å². The van der Waals surface area contributed by atoms with Crippen molar-refractivity contribution in [3.05, 3.63) is 70.0 Å². The lowest BCUT2D eigenvalue weighted by atomic mass is 10.1. The third kappa shape index (κ3) is 4.90. The normalized spacial score (nSPS) is 14.2. The van der Waals surface area contributed by atoms with Crippen molar-refractivity contribution in [1.82, 2.24) is 24.8 Å². The van der Waals surface area contributed by atoms with Gasteiger partial charge in [-0.15, -0.1) is 0 Å². The zero-order valence-electron chi connectivity index (χ0n) is 17.0. The zero-order valence-corrected chi connectivity index (χ0v) is 17.0. The Bertz CT molecular complexity index is 1040. The average Bonchev–Trinajstić information content (AvgIpc) is 2.98. The highest BCUT2D eigenvalue weighted by atomic mass is 16.5. The number of aromatic amines is 1. The molecule has 0 saturated heterocycles. The summed E-state index contributed by atoms with van der Waals surface area (Å²) in [5, 5.41) is 0. The second-order valence-corrected chi connectivity index (χ2v) is 7.20. The van der Waals surface area contributed by atoms with Gasteiger partial charge in [0.15, 0.2) is 5.82 Å². The summed E-state index contributed by atoms with van der Waals surface area (Å²) in [4.78, 5) is 30.9. The van der Waals surface area contributed by atoms with Crippen molar-refractivity contribution in [3.63, 3.8) is 0 Å². The number of nitrogens with zero attached hydrogens (tertiary/aromatic N) is 4. The third-order valence-corrected chi connectivity index (χ3v) is 5.11. The molecule has 1 aromatic carbocycles. The van der Waals surface area contributed by atoms with Crippen molar-refractivity contribution < 1.29 is 9.47 Å². The quantitative estimate of drug-likeness (QED) is 0.598. The monoisotopic (exact) mass is 407 g/mol. The van der Waals surface area contributed by atoms with Gasteiger partial charge < -0.3 is 14.5 Å². The van der Waals surface area contributed by atoms with E-state index in [1.807, 2.05) is 12.1 Å². The number of ether oxygens (including phenoxy) is 2. The lowest BCUT2D eigenvalue weighted by Gasteiger charge is -2.20. The summed E-state index contributed by atoms with van der Waals surface area (Å²) < 4.78 is 10.7. The molecule has 0 spiro atoms. The molecule has 2 aromatic heterocycles. The molecule has 3 heterocycles. The van der Waals surface area contributed by atoms with Gasteiger partial charge in [-0.05, 0) is 24.1 Å². The molecule has 0 atom stereocenters. The van der Waals surface area contributed by atoms with E-state index in [1.165, 1.54) is 5.56 Å². The van der Waals surface area contributed by atoms with E-state index in [2.05, 4.69) is 37.0 Å². The van der Waals surface area contributed by atoms with Crippen LogP contribution in [0.2, 0.25) is 0 Å². The summed E-state index contributed by atoms with van der Waals surface area (Å²) in [6.07, 6.45) is 6.19. The van der Waals surface area contributed by atoms with Crippen molar-refractivity contribution in [2.45, 2.75) is 19.4 Å². The molecule has 0 amide bonds. The van der Waals surface area contributed by atoms with Gasteiger partial charge in [-0.3, -0.25) is 14.7 Å². The summed E-state index contributed by atoms with van der Waals surface area (Å²) in [6.45, 7) is 3.52. The number of aromatic nitrogens is 4. The maximum atomic E-state index is 12.7. The molecule has 1 aliphatic rings. The standard InChI is InChI=1S/C22H25N5O3/c1-29-11-12-30-17-4-2-3-16(13-17)15-27-9-5-18-19(6-10-27)25-21(26-22(18)28)20-14-23-7-8-24-20/h2-4,7-8,13-14H,5-6,9-12,15H2,1H3,(H,25,26,28). The maximum Gasteiger partial charge on any atom is 0.254 e. The van der Waals surface area contributed by atoms with Crippen LogP contribution in [0.25, 0.3) is 11.5 Å². The molecule has 4 rings (SSSR count). The zero-order chi connectivity index (χ0) is 20.8. The summed E-state index contributed by atoms with van der Waals surface area (Å²) in [5.74, 6) is 1.32. The lowest BCUT2D eigenvalue weighted by molar-refractivity contribution is 0.146.